The normalized spacial score (nSPS) is 28.9. The highest BCUT2D eigenvalue weighted by atomic mass is 35.5. The lowest BCUT2D eigenvalue weighted by Crippen LogP contribution is -2.50. The van der Waals surface area contributed by atoms with Crippen LogP contribution in [-0.4, -0.2) is 48.9 Å². The Hall–Kier alpha value is -0.810. The number of nitrogens with zero attached hydrogens (tertiary/aromatic N) is 1. The van der Waals surface area contributed by atoms with Crippen LogP contribution >= 0.6 is 12.4 Å². The highest BCUT2D eigenvalue weighted by Gasteiger charge is 2.33. The minimum absolute atomic E-state index is 0. The zero-order valence-corrected chi connectivity index (χ0v) is 13.3. The maximum atomic E-state index is 12.4. The van der Waals surface area contributed by atoms with E-state index in [1.165, 1.54) is 12.8 Å². The molecule has 1 aliphatic carbocycles. The first-order valence-corrected chi connectivity index (χ1v) is 8.04. The molecule has 1 saturated carbocycles. The van der Waals surface area contributed by atoms with Crippen LogP contribution < -0.4 is 10.6 Å². The fourth-order valence-corrected chi connectivity index (χ4v) is 3.22. The largest absolute Gasteiger partial charge is 0.356 e. The van der Waals surface area contributed by atoms with E-state index < -0.39 is 0 Å². The summed E-state index contributed by atoms with van der Waals surface area (Å²) in [5.41, 5.74) is 0. The molecule has 0 aromatic heterocycles. The molecule has 3 rings (SSSR count). The second-order valence-corrected chi connectivity index (χ2v) is 6.46. The molecule has 3 aliphatic rings. The quantitative estimate of drug-likeness (QED) is 0.811. The van der Waals surface area contributed by atoms with Gasteiger partial charge in [0.15, 0.2) is 0 Å². The van der Waals surface area contributed by atoms with Crippen LogP contribution in [0.15, 0.2) is 0 Å². The minimum Gasteiger partial charge on any atom is -0.356 e. The van der Waals surface area contributed by atoms with Crippen LogP contribution in [0.4, 0.5) is 0 Å². The molecule has 2 aliphatic heterocycles. The molecule has 0 bridgehead atoms. The van der Waals surface area contributed by atoms with Crippen LogP contribution in [0.1, 0.15) is 38.5 Å². The average molecular weight is 316 g/mol. The summed E-state index contributed by atoms with van der Waals surface area (Å²) in [6.45, 7) is 3.18. The topological polar surface area (TPSA) is 61.4 Å². The van der Waals surface area contributed by atoms with Gasteiger partial charge in [-0.3, -0.25) is 9.59 Å². The second kappa shape index (κ2) is 7.45. The third kappa shape index (κ3) is 4.33. The van der Waals surface area contributed by atoms with Crippen LogP contribution in [0.2, 0.25) is 0 Å². The average Bonchev–Trinajstić information content (AvgIpc) is 3.15. The van der Waals surface area contributed by atoms with Crippen molar-refractivity contribution in [3.05, 3.63) is 0 Å². The molecule has 0 aromatic rings. The number of carbonyl (C=O) groups excluding carboxylic acids is 2. The Morgan fingerprint density at radius 1 is 1.14 bits per heavy atom. The number of hydrogen-bond donors (Lipinski definition) is 2. The van der Waals surface area contributed by atoms with Crippen LogP contribution in [-0.2, 0) is 9.59 Å². The molecule has 2 N–H and O–H groups in total. The first-order chi connectivity index (χ1) is 9.74. The molecule has 0 spiro atoms. The molecule has 2 amide bonds. The summed E-state index contributed by atoms with van der Waals surface area (Å²) >= 11 is 0. The van der Waals surface area contributed by atoms with Gasteiger partial charge in [-0.1, -0.05) is 0 Å². The predicted molar refractivity (Wildman–Crippen MR) is 83.3 cm³/mol. The summed E-state index contributed by atoms with van der Waals surface area (Å²) in [6, 6.07) is -0.0109. The number of hydrogen-bond acceptors (Lipinski definition) is 3. The van der Waals surface area contributed by atoms with E-state index in [0.29, 0.717) is 12.5 Å². The summed E-state index contributed by atoms with van der Waals surface area (Å²) in [5.74, 6) is 1.05. The predicted octanol–water partition coefficient (Wildman–Crippen LogP) is 0.925. The Kier molecular flexibility index (Phi) is 5.88. The molecule has 0 radical (unpaired) electrons. The number of nitrogens with one attached hydrogen (secondary N) is 2. The van der Waals surface area contributed by atoms with Crippen molar-refractivity contribution in [3.8, 4) is 0 Å². The van der Waals surface area contributed by atoms with E-state index in [-0.39, 0.29) is 36.2 Å². The molecule has 5 nitrogen and oxygen atoms in total. The van der Waals surface area contributed by atoms with E-state index in [2.05, 4.69) is 10.6 Å². The zero-order chi connectivity index (χ0) is 13.9. The van der Waals surface area contributed by atoms with Gasteiger partial charge in [-0.05, 0) is 51.0 Å². The van der Waals surface area contributed by atoms with Crippen molar-refractivity contribution in [2.24, 2.45) is 11.8 Å². The number of amides is 2. The van der Waals surface area contributed by atoms with E-state index in [4.69, 9.17) is 0 Å². The summed E-state index contributed by atoms with van der Waals surface area (Å²) in [7, 11) is 0. The fraction of sp³-hybridized carbons (Fsp3) is 0.867. The molecule has 6 heteroatoms. The van der Waals surface area contributed by atoms with Crippen LogP contribution in [0.3, 0.4) is 0 Å². The van der Waals surface area contributed by atoms with E-state index in [9.17, 15) is 9.59 Å². The summed E-state index contributed by atoms with van der Waals surface area (Å²) in [6.07, 6.45) is 6.38. The minimum atomic E-state index is -0.0109. The molecule has 120 valence electrons. The Balaban J connectivity index is 0.00000161. The Bertz CT molecular complexity index is 381. The fourth-order valence-electron chi connectivity index (χ4n) is 3.22. The SMILES string of the molecule is Cl.O=C(NCC1CC1)C1CCCN(C(=O)C2CCCN2)C1. The highest BCUT2D eigenvalue weighted by Crippen LogP contribution is 2.28. The van der Waals surface area contributed by atoms with Gasteiger partial charge in [0, 0.05) is 19.6 Å². The van der Waals surface area contributed by atoms with Crippen LogP contribution in [0.5, 0.6) is 0 Å². The highest BCUT2D eigenvalue weighted by molar-refractivity contribution is 5.85. The number of piperidine rings is 1. The van der Waals surface area contributed by atoms with Crippen molar-refractivity contribution >= 4 is 24.2 Å². The van der Waals surface area contributed by atoms with Gasteiger partial charge in [-0.25, -0.2) is 0 Å². The summed E-state index contributed by atoms with van der Waals surface area (Å²) in [4.78, 5) is 26.4. The van der Waals surface area contributed by atoms with Crippen molar-refractivity contribution in [2.45, 2.75) is 44.6 Å². The Morgan fingerprint density at radius 3 is 2.62 bits per heavy atom. The lowest BCUT2D eigenvalue weighted by molar-refractivity contribution is -0.137. The van der Waals surface area contributed by atoms with Gasteiger partial charge in [-0.15, -0.1) is 12.4 Å². The molecule has 3 fully saturated rings. The van der Waals surface area contributed by atoms with E-state index in [0.717, 1.165) is 45.3 Å². The number of halogens is 1. The van der Waals surface area contributed by atoms with Gasteiger partial charge in [-0.2, -0.15) is 0 Å². The first-order valence-electron chi connectivity index (χ1n) is 8.04. The van der Waals surface area contributed by atoms with Crippen molar-refractivity contribution in [2.75, 3.05) is 26.2 Å². The first kappa shape index (κ1) is 16.6. The van der Waals surface area contributed by atoms with Gasteiger partial charge in [0.05, 0.1) is 12.0 Å². The van der Waals surface area contributed by atoms with Gasteiger partial charge in [0.2, 0.25) is 11.8 Å². The smallest absolute Gasteiger partial charge is 0.239 e. The molecular weight excluding hydrogens is 290 g/mol. The molecule has 2 heterocycles. The number of carbonyl (C=O) groups is 2. The molecule has 21 heavy (non-hydrogen) atoms. The monoisotopic (exact) mass is 315 g/mol. The van der Waals surface area contributed by atoms with Crippen molar-refractivity contribution in [1.82, 2.24) is 15.5 Å². The van der Waals surface area contributed by atoms with Gasteiger partial charge in [0.1, 0.15) is 0 Å². The maximum absolute atomic E-state index is 12.4. The van der Waals surface area contributed by atoms with Crippen LogP contribution in [0.25, 0.3) is 0 Å². The van der Waals surface area contributed by atoms with Gasteiger partial charge < -0.3 is 15.5 Å². The van der Waals surface area contributed by atoms with Crippen molar-refractivity contribution in [1.29, 1.82) is 0 Å². The van der Waals surface area contributed by atoms with Gasteiger partial charge >= 0.3 is 0 Å². The Morgan fingerprint density at radius 2 is 1.95 bits per heavy atom. The summed E-state index contributed by atoms with van der Waals surface area (Å²) < 4.78 is 0. The molecule has 0 aromatic carbocycles. The van der Waals surface area contributed by atoms with Crippen LogP contribution in [0, 0.1) is 11.8 Å². The molecule has 2 atom stereocenters. The number of likely N-dealkylation sites (tertiary alicyclic amines) is 1. The molecular formula is C15H26ClN3O2. The van der Waals surface area contributed by atoms with E-state index in [1.807, 2.05) is 4.90 Å². The zero-order valence-electron chi connectivity index (χ0n) is 12.5. The van der Waals surface area contributed by atoms with E-state index >= 15 is 0 Å². The van der Waals surface area contributed by atoms with Crippen molar-refractivity contribution < 1.29 is 9.59 Å². The molecule has 2 saturated heterocycles. The lowest BCUT2D eigenvalue weighted by atomic mass is 9.96. The third-order valence-corrected chi connectivity index (χ3v) is 4.72. The molecule has 2 unspecified atom stereocenters. The van der Waals surface area contributed by atoms with E-state index in [1.54, 1.807) is 0 Å². The second-order valence-electron chi connectivity index (χ2n) is 6.46. The lowest BCUT2D eigenvalue weighted by Gasteiger charge is -2.33. The number of rotatable bonds is 4. The maximum Gasteiger partial charge on any atom is 0.239 e. The van der Waals surface area contributed by atoms with Gasteiger partial charge in [0.25, 0.3) is 0 Å². The third-order valence-electron chi connectivity index (χ3n) is 4.72. The standard InChI is InChI=1S/C15H25N3O2.ClH/c19-14(17-9-11-5-6-11)12-3-2-8-18(10-12)15(20)13-4-1-7-16-13;/h11-13,16H,1-10H2,(H,17,19);1H. The van der Waals surface area contributed by atoms with Crippen molar-refractivity contribution in [3.63, 3.8) is 0 Å². The Labute approximate surface area is 132 Å². The summed E-state index contributed by atoms with van der Waals surface area (Å²) in [5, 5.41) is 6.31.